The number of benzene rings is 1. The SMILES string of the molecule is CC(C)(F)c1cc2c(c(C(N)CO)c1)OCO2. The third kappa shape index (κ3) is 2.21. The second-order valence-corrected chi connectivity index (χ2v) is 4.56. The zero-order valence-electron chi connectivity index (χ0n) is 9.87. The van der Waals surface area contributed by atoms with Gasteiger partial charge in [0.1, 0.15) is 5.67 Å². The second kappa shape index (κ2) is 4.16. The highest BCUT2D eigenvalue weighted by Crippen LogP contribution is 2.42. The molecule has 1 aromatic rings. The molecule has 1 aromatic carbocycles. The highest BCUT2D eigenvalue weighted by molar-refractivity contribution is 5.53. The fourth-order valence-electron chi connectivity index (χ4n) is 1.75. The fraction of sp³-hybridized carbons (Fsp3) is 0.500. The Morgan fingerprint density at radius 2 is 2.18 bits per heavy atom. The van der Waals surface area contributed by atoms with Crippen LogP contribution in [0.15, 0.2) is 12.1 Å². The number of hydrogen-bond acceptors (Lipinski definition) is 4. The highest BCUT2D eigenvalue weighted by atomic mass is 19.1. The first-order valence-electron chi connectivity index (χ1n) is 5.43. The van der Waals surface area contributed by atoms with E-state index in [9.17, 15) is 4.39 Å². The van der Waals surface area contributed by atoms with Crippen molar-refractivity contribution in [1.29, 1.82) is 0 Å². The maximum Gasteiger partial charge on any atom is 0.231 e. The third-order valence-electron chi connectivity index (χ3n) is 2.78. The standard InChI is InChI=1S/C12H16FNO3/c1-12(2,13)7-3-8(9(14)5-15)11-10(4-7)16-6-17-11/h3-4,9,15H,5-6,14H2,1-2H3. The average molecular weight is 241 g/mol. The van der Waals surface area contributed by atoms with Crippen molar-refractivity contribution in [2.75, 3.05) is 13.4 Å². The molecule has 5 heteroatoms. The molecular weight excluding hydrogens is 225 g/mol. The molecule has 17 heavy (non-hydrogen) atoms. The molecule has 1 unspecified atom stereocenters. The van der Waals surface area contributed by atoms with Gasteiger partial charge in [-0.25, -0.2) is 4.39 Å². The summed E-state index contributed by atoms with van der Waals surface area (Å²) >= 11 is 0. The van der Waals surface area contributed by atoms with Crippen LogP contribution in [0.1, 0.15) is 31.0 Å². The van der Waals surface area contributed by atoms with Gasteiger partial charge in [0.05, 0.1) is 12.6 Å². The molecule has 0 radical (unpaired) electrons. The van der Waals surface area contributed by atoms with Crippen LogP contribution in [0, 0.1) is 0 Å². The summed E-state index contributed by atoms with van der Waals surface area (Å²) in [6.45, 7) is 2.78. The van der Waals surface area contributed by atoms with Crippen LogP contribution in [-0.4, -0.2) is 18.5 Å². The lowest BCUT2D eigenvalue weighted by Gasteiger charge is -2.19. The van der Waals surface area contributed by atoms with E-state index in [4.69, 9.17) is 20.3 Å². The van der Waals surface area contributed by atoms with Gasteiger partial charge < -0.3 is 20.3 Å². The molecule has 0 amide bonds. The van der Waals surface area contributed by atoms with Crippen molar-refractivity contribution in [3.05, 3.63) is 23.3 Å². The highest BCUT2D eigenvalue weighted by Gasteiger charge is 2.27. The molecule has 0 aliphatic carbocycles. The van der Waals surface area contributed by atoms with Crippen LogP contribution >= 0.6 is 0 Å². The first kappa shape index (κ1) is 12.1. The van der Waals surface area contributed by atoms with Gasteiger partial charge in [-0.2, -0.15) is 0 Å². The first-order valence-corrected chi connectivity index (χ1v) is 5.43. The first-order chi connectivity index (χ1) is 7.93. The van der Waals surface area contributed by atoms with Gasteiger partial charge in [-0.3, -0.25) is 0 Å². The van der Waals surface area contributed by atoms with E-state index in [0.717, 1.165) is 0 Å². The van der Waals surface area contributed by atoms with Crippen LogP contribution in [0.2, 0.25) is 0 Å². The number of aliphatic hydroxyl groups excluding tert-OH is 1. The molecule has 0 saturated heterocycles. The summed E-state index contributed by atoms with van der Waals surface area (Å²) < 4.78 is 24.5. The van der Waals surface area contributed by atoms with Gasteiger partial charge in [-0.15, -0.1) is 0 Å². The molecule has 3 N–H and O–H groups in total. The van der Waals surface area contributed by atoms with E-state index < -0.39 is 11.7 Å². The molecule has 0 aromatic heterocycles. The molecule has 4 nitrogen and oxygen atoms in total. The van der Waals surface area contributed by atoms with Gasteiger partial charge >= 0.3 is 0 Å². The van der Waals surface area contributed by atoms with Crippen LogP contribution in [0.5, 0.6) is 11.5 Å². The van der Waals surface area contributed by atoms with E-state index in [-0.39, 0.29) is 13.4 Å². The normalized spacial score (nSPS) is 16.1. The Labute approximate surface area is 99.1 Å². The van der Waals surface area contributed by atoms with Gasteiger partial charge in [0.15, 0.2) is 11.5 Å². The summed E-state index contributed by atoms with van der Waals surface area (Å²) in [6.07, 6.45) is 0. The Morgan fingerprint density at radius 3 is 2.76 bits per heavy atom. The molecule has 0 saturated carbocycles. The molecular formula is C12H16FNO3. The zero-order valence-corrected chi connectivity index (χ0v) is 9.87. The molecule has 94 valence electrons. The molecule has 0 fully saturated rings. The van der Waals surface area contributed by atoms with Crippen LogP contribution in [0.25, 0.3) is 0 Å². The Bertz CT molecular complexity index is 428. The van der Waals surface area contributed by atoms with Gasteiger partial charge in [0.25, 0.3) is 0 Å². The van der Waals surface area contributed by atoms with Gasteiger partial charge in [-0.1, -0.05) is 0 Å². The van der Waals surface area contributed by atoms with E-state index in [0.29, 0.717) is 22.6 Å². The van der Waals surface area contributed by atoms with Crippen molar-refractivity contribution in [3.63, 3.8) is 0 Å². The number of fused-ring (bicyclic) bond motifs is 1. The minimum Gasteiger partial charge on any atom is -0.454 e. The molecule has 1 aliphatic rings. The Morgan fingerprint density at radius 1 is 1.47 bits per heavy atom. The summed E-state index contributed by atoms with van der Waals surface area (Å²) in [4.78, 5) is 0. The molecule has 1 heterocycles. The van der Waals surface area contributed by atoms with Crippen LogP contribution in [0.4, 0.5) is 4.39 Å². The number of rotatable bonds is 3. The lowest BCUT2D eigenvalue weighted by molar-refractivity contribution is 0.171. The molecule has 0 bridgehead atoms. The van der Waals surface area contributed by atoms with Crippen molar-refractivity contribution in [1.82, 2.24) is 0 Å². The van der Waals surface area contributed by atoms with E-state index >= 15 is 0 Å². The number of nitrogens with two attached hydrogens (primary N) is 1. The number of ether oxygens (including phenoxy) is 2. The topological polar surface area (TPSA) is 64.7 Å². The summed E-state index contributed by atoms with van der Waals surface area (Å²) in [5.74, 6) is 0.978. The lowest BCUT2D eigenvalue weighted by Crippen LogP contribution is -2.17. The van der Waals surface area contributed by atoms with E-state index in [1.807, 2.05) is 0 Å². The van der Waals surface area contributed by atoms with Crippen LogP contribution < -0.4 is 15.2 Å². The van der Waals surface area contributed by atoms with Crippen molar-refractivity contribution in [2.24, 2.45) is 5.73 Å². The maximum atomic E-state index is 13.9. The molecule has 0 spiro atoms. The van der Waals surface area contributed by atoms with Crippen molar-refractivity contribution < 1.29 is 19.0 Å². The summed E-state index contributed by atoms with van der Waals surface area (Å²) in [5, 5.41) is 9.10. The van der Waals surface area contributed by atoms with Crippen molar-refractivity contribution in [3.8, 4) is 11.5 Å². The smallest absolute Gasteiger partial charge is 0.231 e. The third-order valence-corrected chi connectivity index (χ3v) is 2.78. The molecule has 2 rings (SSSR count). The summed E-state index contributed by atoms with van der Waals surface area (Å²) in [5.41, 5.74) is 5.31. The quantitative estimate of drug-likeness (QED) is 0.843. The maximum absolute atomic E-state index is 13.9. The zero-order chi connectivity index (χ0) is 12.6. The predicted octanol–water partition coefficient (Wildman–Crippen LogP) is 1.61. The lowest BCUT2D eigenvalue weighted by atomic mass is 9.94. The molecule has 1 aliphatic heterocycles. The summed E-state index contributed by atoms with van der Waals surface area (Å²) in [7, 11) is 0. The number of aliphatic hydroxyl groups is 1. The second-order valence-electron chi connectivity index (χ2n) is 4.56. The van der Waals surface area contributed by atoms with E-state index in [2.05, 4.69) is 0 Å². The minimum atomic E-state index is -1.50. The Kier molecular flexibility index (Phi) is 2.97. The minimum absolute atomic E-state index is 0.0939. The van der Waals surface area contributed by atoms with E-state index in [1.54, 1.807) is 12.1 Å². The number of halogens is 1. The van der Waals surface area contributed by atoms with Gasteiger partial charge in [0, 0.05) is 5.56 Å². The fourth-order valence-corrected chi connectivity index (χ4v) is 1.75. The van der Waals surface area contributed by atoms with Crippen LogP contribution in [-0.2, 0) is 5.67 Å². The van der Waals surface area contributed by atoms with E-state index in [1.165, 1.54) is 13.8 Å². The largest absolute Gasteiger partial charge is 0.454 e. The van der Waals surface area contributed by atoms with Gasteiger partial charge in [-0.05, 0) is 31.5 Å². The van der Waals surface area contributed by atoms with Crippen molar-refractivity contribution >= 4 is 0 Å². The average Bonchev–Trinajstić information content (AvgIpc) is 2.73. The Balaban J connectivity index is 2.54. The monoisotopic (exact) mass is 241 g/mol. The predicted molar refractivity (Wildman–Crippen MR) is 60.7 cm³/mol. The van der Waals surface area contributed by atoms with Crippen molar-refractivity contribution in [2.45, 2.75) is 25.6 Å². The van der Waals surface area contributed by atoms with Gasteiger partial charge in [0.2, 0.25) is 6.79 Å². The molecule has 1 atom stereocenters. The Hall–Kier alpha value is -1.33. The summed E-state index contributed by atoms with van der Waals surface area (Å²) in [6, 6.07) is 2.62. The number of hydrogen-bond donors (Lipinski definition) is 2. The number of alkyl halides is 1. The van der Waals surface area contributed by atoms with Crippen LogP contribution in [0.3, 0.4) is 0 Å².